The van der Waals surface area contributed by atoms with Gasteiger partial charge in [-0.25, -0.2) is 0 Å². The van der Waals surface area contributed by atoms with Crippen molar-refractivity contribution in [3.8, 4) is 0 Å². The smallest absolute Gasteiger partial charge is 0.345 e. The molecule has 1 aromatic carbocycles. The summed E-state index contributed by atoms with van der Waals surface area (Å²) in [6, 6.07) is 7.55. The summed E-state index contributed by atoms with van der Waals surface area (Å²) in [5.41, 5.74) is 1.69. The zero-order valence-corrected chi connectivity index (χ0v) is 13.6. The van der Waals surface area contributed by atoms with E-state index < -0.39 is 12.7 Å². The van der Waals surface area contributed by atoms with Crippen LogP contribution in [0, 0.1) is 0 Å². The van der Waals surface area contributed by atoms with Crippen LogP contribution in [-0.4, -0.2) is 24.7 Å². The number of furan rings is 1. The molecule has 0 aliphatic heterocycles. The minimum atomic E-state index is -2.76. The highest BCUT2D eigenvalue weighted by molar-refractivity contribution is 5.88. The Morgan fingerprint density at radius 3 is 2.92 bits per heavy atom. The number of rotatable bonds is 6. The van der Waals surface area contributed by atoms with Gasteiger partial charge in [0.05, 0.1) is 12.5 Å². The summed E-state index contributed by atoms with van der Waals surface area (Å²) in [5.74, 6) is 0.704. The SMILES string of the molecule is CCc1oc2ccccc2c1CC(=O)NC1CCC(OC(F)F)C1. The zero-order valence-electron chi connectivity index (χ0n) is 13.6. The van der Waals surface area contributed by atoms with Gasteiger partial charge in [0.15, 0.2) is 0 Å². The number of carbonyl (C=O) groups excluding carboxylic acids is 1. The molecule has 1 heterocycles. The fourth-order valence-electron chi connectivity index (χ4n) is 3.41. The summed E-state index contributed by atoms with van der Waals surface area (Å²) in [6.45, 7) is -0.767. The van der Waals surface area contributed by atoms with Crippen molar-refractivity contribution in [1.82, 2.24) is 5.32 Å². The third-order valence-corrected chi connectivity index (χ3v) is 4.49. The zero-order chi connectivity index (χ0) is 17.1. The number of alkyl halides is 2. The van der Waals surface area contributed by atoms with Gasteiger partial charge in [-0.1, -0.05) is 25.1 Å². The van der Waals surface area contributed by atoms with Gasteiger partial charge in [0.1, 0.15) is 11.3 Å². The summed E-state index contributed by atoms with van der Waals surface area (Å²) in [6.07, 6.45) is 2.11. The lowest BCUT2D eigenvalue weighted by atomic mass is 10.1. The quantitative estimate of drug-likeness (QED) is 0.872. The van der Waals surface area contributed by atoms with Gasteiger partial charge >= 0.3 is 6.61 Å². The van der Waals surface area contributed by atoms with E-state index >= 15 is 0 Å². The molecule has 1 amide bonds. The molecule has 1 fully saturated rings. The van der Waals surface area contributed by atoms with E-state index in [0.717, 1.165) is 22.3 Å². The highest BCUT2D eigenvalue weighted by atomic mass is 19.3. The van der Waals surface area contributed by atoms with E-state index in [2.05, 4.69) is 10.1 Å². The van der Waals surface area contributed by atoms with Crippen LogP contribution in [0.15, 0.2) is 28.7 Å². The largest absolute Gasteiger partial charge is 0.461 e. The normalized spacial score (nSPS) is 20.8. The van der Waals surface area contributed by atoms with Crippen LogP contribution in [0.4, 0.5) is 8.78 Å². The highest BCUT2D eigenvalue weighted by Gasteiger charge is 2.29. The van der Waals surface area contributed by atoms with Crippen molar-refractivity contribution < 1.29 is 22.7 Å². The Morgan fingerprint density at radius 1 is 1.38 bits per heavy atom. The van der Waals surface area contributed by atoms with Crippen LogP contribution in [0.2, 0.25) is 0 Å². The van der Waals surface area contributed by atoms with Crippen molar-refractivity contribution >= 4 is 16.9 Å². The van der Waals surface area contributed by atoms with Crippen molar-refractivity contribution in [2.75, 3.05) is 0 Å². The lowest BCUT2D eigenvalue weighted by molar-refractivity contribution is -0.160. The second kappa shape index (κ2) is 7.30. The van der Waals surface area contributed by atoms with Crippen molar-refractivity contribution in [2.24, 2.45) is 0 Å². The van der Waals surface area contributed by atoms with Crippen molar-refractivity contribution in [2.45, 2.75) is 57.8 Å². The Bertz CT molecular complexity index is 713. The number of carbonyl (C=O) groups is 1. The van der Waals surface area contributed by atoms with Crippen LogP contribution < -0.4 is 5.32 Å². The highest BCUT2D eigenvalue weighted by Crippen LogP contribution is 2.27. The first-order valence-corrected chi connectivity index (χ1v) is 8.29. The second-order valence-electron chi connectivity index (χ2n) is 6.13. The second-order valence-corrected chi connectivity index (χ2v) is 6.13. The van der Waals surface area contributed by atoms with Crippen LogP contribution in [0.5, 0.6) is 0 Å². The van der Waals surface area contributed by atoms with Crippen LogP contribution in [-0.2, 0) is 22.4 Å². The molecular formula is C18H21F2NO3. The van der Waals surface area contributed by atoms with Gasteiger partial charge < -0.3 is 14.5 Å². The van der Waals surface area contributed by atoms with E-state index in [1.807, 2.05) is 31.2 Å². The summed E-state index contributed by atoms with van der Waals surface area (Å²) >= 11 is 0. The Morgan fingerprint density at radius 2 is 2.17 bits per heavy atom. The monoisotopic (exact) mass is 337 g/mol. The molecule has 2 aromatic rings. The number of amides is 1. The van der Waals surface area contributed by atoms with Crippen LogP contribution in [0.25, 0.3) is 11.0 Å². The average Bonchev–Trinajstić information content (AvgIpc) is 3.11. The molecule has 1 saturated carbocycles. The number of para-hydroxylation sites is 1. The molecule has 1 N–H and O–H groups in total. The van der Waals surface area contributed by atoms with Crippen molar-refractivity contribution in [3.05, 3.63) is 35.6 Å². The topological polar surface area (TPSA) is 51.5 Å². The van der Waals surface area contributed by atoms with Gasteiger partial charge in [0.25, 0.3) is 0 Å². The number of benzene rings is 1. The molecule has 24 heavy (non-hydrogen) atoms. The fourth-order valence-corrected chi connectivity index (χ4v) is 3.41. The number of hydrogen-bond donors (Lipinski definition) is 1. The average molecular weight is 337 g/mol. The maximum atomic E-state index is 12.4. The van der Waals surface area contributed by atoms with Gasteiger partial charge in [-0.3, -0.25) is 4.79 Å². The van der Waals surface area contributed by atoms with Gasteiger partial charge in [-0.05, 0) is 25.3 Å². The third-order valence-electron chi connectivity index (χ3n) is 4.49. The lowest BCUT2D eigenvalue weighted by Gasteiger charge is -2.14. The number of aryl methyl sites for hydroxylation is 1. The summed E-state index contributed by atoms with van der Waals surface area (Å²) in [7, 11) is 0. The Labute approximate surface area is 139 Å². The predicted molar refractivity (Wildman–Crippen MR) is 86.0 cm³/mol. The molecular weight excluding hydrogens is 316 g/mol. The number of halogens is 2. The predicted octanol–water partition coefficient (Wildman–Crippen LogP) is 3.81. The first-order valence-electron chi connectivity index (χ1n) is 8.29. The fraction of sp³-hybridized carbons (Fsp3) is 0.500. The molecule has 1 aliphatic carbocycles. The molecule has 0 spiro atoms. The van der Waals surface area contributed by atoms with Gasteiger partial charge in [-0.15, -0.1) is 0 Å². The number of nitrogens with one attached hydrogen (secondary N) is 1. The summed E-state index contributed by atoms with van der Waals surface area (Å²) in [4.78, 5) is 12.4. The first kappa shape index (κ1) is 16.9. The number of fused-ring (bicyclic) bond motifs is 1. The summed E-state index contributed by atoms with van der Waals surface area (Å²) < 4.78 is 34.8. The van der Waals surface area contributed by atoms with Crippen molar-refractivity contribution in [3.63, 3.8) is 0 Å². The van der Waals surface area contributed by atoms with Crippen molar-refractivity contribution in [1.29, 1.82) is 0 Å². The first-order chi connectivity index (χ1) is 11.6. The van der Waals surface area contributed by atoms with Crippen LogP contribution in [0.3, 0.4) is 0 Å². The molecule has 1 aromatic heterocycles. The molecule has 0 bridgehead atoms. The van der Waals surface area contributed by atoms with E-state index in [4.69, 9.17) is 4.42 Å². The van der Waals surface area contributed by atoms with Crippen LogP contribution in [0.1, 0.15) is 37.5 Å². The minimum absolute atomic E-state index is 0.107. The summed E-state index contributed by atoms with van der Waals surface area (Å²) in [5, 5.41) is 3.88. The third kappa shape index (κ3) is 3.75. The Balaban J connectivity index is 1.63. The Kier molecular flexibility index (Phi) is 5.14. The maximum Gasteiger partial charge on any atom is 0.345 e. The Hall–Kier alpha value is -1.95. The number of hydrogen-bond acceptors (Lipinski definition) is 3. The molecule has 130 valence electrons. The minimum Gasteiger partial charge on any atom is -0.461 e. The molecule has 1 aliphatic rings. The standard InChI is InChI=1S/C18H21F2NO3/c1-2-15-14(13-5-3-4-6-16(13)24-15)10-17(22)21-11-7-8-12(9-11)23-18(19)20/h3-6,11-12,18H,2,7-10H2,1H3,(H,21,22). The van der Waals surface area contributed by atoms with Gasteiger partial charge in [-0.2, -0.15) is 8.78 Å². The van der Waals surface area contributed by atoms with E-state index in [-0.39, 0.29) is 18.4 Å². The molecule has 6 heteroatoms. The molecule has 3 rings (SSSR count). The molecule has 2 unspecified atom stereocenters. The molecule has 0 saturated heterocycles. The van der Waals surface area contributed by atoms with Crippen LogP contribution >= 0.6 is 0 Å². The molecule has 4 nitrogen and oxygen atoms in total. The lowest BCUT2D eigenvalue weighted by Crippen LogP contribution is -2.34. The van der Waals surface area contributed by atoms with E-state index in [1.165, 1.54) is 0 Å². The van der Waals surface area contributed by atoms with E-state index in [0.29, 0.717) is 25.7 Å². The van der Waals surface area contributed by atoms with Gasteiger partial charge in [0.2, 0.25) is 5.91 Å². The molecule has 0 radical (unpaired) electrons. The van der Waals surface area contributed by atoms with E-state index in [1.54, 1.807) is 0 Å². The van der Waals surface area contributed by atoms with E-state index in [9.17, 15) is 13.6 Å². The number of ether oxygens (including phenoxy) is 1. The van der Waals surface area contributed by atoms with Gasteiger partial charge in [0, 0.05) is 23.4 Å². The maximum absolute atomic E-state index is 12.4. The molecule has 2 atom stereocenters.